The Morgan fingerprint density at radius 2 is 1.65 bits per heavy atom. The molecule has 0 bridgehead atoms. The molecule has 0 amide bonds. The fourth-order valence-electron chi connectivity index (χ4n) is 2.01. The molecule has 0 saturated carbocycles. The first-order chi connectivity index (χ1) is 8.35. The second-order valence-electron chi connectivity index (χ2n) is 4.71. The lowest BCUT2D eigenvalue weighted by Crippen LogP contribution is -1.88. The summed E-state index contributed by atoms with van der Waals surface area (Å²) in [6.45, 7) is 6.00. The SMILES string of the molecule is C=CCCCCCC/C(=C\OC)CCCCC. The van der Waals surface area contributed by atoms with Crippen molar-refractivity contribution < 1.29 is 4.74 Å². The van der Waals surface area contributed by atoms with Gasteiger partial charge in [0, 0.05) is 0 Å². The van der Waals surface area contributed by atoms with Crippen LogP contribution in [0.25, 0.3) is 0 Å². The summed E-state index contributed by atoms with van der Waals surface area (Å²) in [5.41, 5.74) is 1.49. The van der Waals surface area contributed by atoms with Gasteiger partial charge < -0.3 is 4.74 Å². The molecule has 0 fully saturated rings. The first-order valence-electron chi connectivity index (χ1n) is 7.16. The fraction of sp³-hybridized carbons (Fsp3) is 0.750. The van der Waals surface area contributed by atoms with Gasteiger partial charge in [0.1, 0.15) is 0 Å². The summed E-state index contributed by atoms with van der Waals surface area (Å²) >= 11 is 0. The molecule has 17 heavy (non-hydrogen) atoms. The molecule has 0 spiro atoms. The molecule has 0 aliphatic heterocycles. The van der Waals surface area contributed by atoms with E-state index in [1.807, 2.05) is 12.3 Å². The minimum Gasteiger partial charge on any atom is -0.504 e. The van der Waals surface area contributed by atoms with Crippen LogP contribution in [-0.2, 0) is 4.74 Å². The van der Waals surface area contributed by atoms with Crippen molar-refractivity contribution in [3.63, 3.8) is 0 Å². The quantitative estimate of drug-likeness (QED) is 0.243. The van der Waals surface area contributed by atoms with Crippen molar-refractivity contribution in [3.05, 3.63) is 24.5 Å². The molecule has 0 saturated heterocycles. The predicted molar refractivity (Wildman–Crippen MR) is 77.1 cm³/mol. The van der Waals surface area contributed by atoms with Gasteiger partial charge in [-0.15, -0.1) is 6.58 Å². The maximum absolute atomic E-state index is 5.15. The maximum atomic E-state index is 5.15. The van der Waals surface area contributed by atoms with Gasteiger partial charge in [-0.1, -0.05) is 38.7 Å². The molecule has 0 heterocycles. The highest BCUT2D eigenvalue weighted by Crippen LogP contribution is 2.17. The lowest BCUT2D eigenvalue weighted by Gasteiger charge is -2.07. The van der Waals surface area contributed by atoms with Crippen LogP contribution in [0.15, 0.2) is 24.5 Å². The van der Waals surface area contributed by atoms with Gasteiger partial charge in [-0.3, -0.25) is 0 Å². The third kappa shape index (κ3) is 11.5. The van der Waals surface area contributed by atoms with E-state index in [2.05, 4.69) is 13.5 Å². The molecule has 0 atom stereocenters. The molecule has 0 aromatic rings. The Labute approximate surface area is 108 Å². The highest BCUT2D eigenvalue weighted by molar-refractivity contribution is 4.97. The van der Waals surface area contributed by atoms with Crippen molar-refractivity contribution in [1.29, 1.82) is 0 Å². The van der Waals surface area contributed by atoms with Crippen molar-refractivity contribution in [2.75, 3.05) is 7.11 Å². The van der Waals surface area contributed by atoms with Crippen molar-refractivity contribution in [2.24, 2.45) is 0 Å². The van der Waals surface area contributed by atoms with E-state index in [1.165, 1.54) is 63.4 Å². The molecule has 0 unspecified atom stereocenters. The van der Waals surface area contributed by atoms with Crippen LogP contribution in [0, 0.1) is 0 Å². The van der Waals surface area contributed by atoms with E-state index in [0.717, 1.165) is 6.42 Å². The number of rotatable bonds is 12. The number of hydrogen-bond acceptors (Lipinski definition) is 1. The monoisotopic (exact) mass is 238 g/mol. The highest BCUT2D eigenvalue weighted by Gasteiger charge is 1.99. The van der Waals surface area contributed by atoms with E-state index in [4.69, 9.17) is 4.74 Å². The van der Waals surface area contributed by atoms with E-state index in [-0.39, 0.29) is 0 Å². The van der Waals surface area contributed by atoms with Crippen molar-refractivity contribution in [1.82, 2.24) is 0 Å². The summed E-state index contributed by atoms with van der Waals surface area (Å²) in [4.78, 5) is 0. The molecule has 100 valence electrons. The molecule has 1 heteroatoms. The van der Waals surface area contributed by atoms with Gasteiger partial charge in [0.2, 0.25) is 0 Å². The number of methoxy groups -OCH3 is 1. The van der Waals surface area contributed by atoms with Crippen molar-refractivity contribution in [3.8, 4) is 0 Å². The molecule has 0 aliphatic rings. The zero-order chi connectivity index (χ0) is 12.8. The van der Waals surface area contributed by atoms with Gasteiger partial charge in [-0.05, 0) is 44.1 Å². The summed E-state index contributed by atoms with van der Waals surface area (Å²) < 4.78 is 5.15. The number of unbranched alkanes of at least 4 members (excludes halogenated alkanes) is 6. The summed E-state index contributed by atoms with van der Waals surface area (Å²) in [6, 6.07) is 0. The lowest BCUT2D eigenvalue weighted by atomic mass is 10.0. The molecule has 0 radical (unpaired) electrons. The second kappa shape index (κ2) is 13.3. The van der Waals surface area contributed by atoms with E-state index in [0.29, 0.717) is 0 Å². The smallest absolute Gasteiger partial charge is 0.0816 e. The van der Waals surface area contributed by atoms with Gasteiger partial charge in [0.05, 0.1) is 13.4 Å². The Hall–Kier alpha value is -0.720. The Kier molecular flexibility index (Phi) is 12.8. The van der Waals surface area contributed by atoms with E-state index < -0.39 is 0 Å². The normalized spacial score (nSPS) is 11.5. The van der Waals surface area contributed by atoms with Gasteiger partial charge >= 0.3 is 0 Å². The minimum atomic E-state index is 1.16. The Bertz CT molecular complexity index is 194. The molecule has 0 aromatic heterocycles. The highest BCUT2D eigenvalue weighted by atomic mass is 16.5. The van der Waals surface area contributed by atoms with Gasteiger partial charge in [-0.2, -0.15) is 0 Å². The Morgan fingerprint density at radius 1 is 1.00 bits per heavy atom. The second-order valence-corrected chi connectivity index (χ2v) is 4.71. The van der Waals surface area contributed by atoms with Gasteiger partial charge in [0.25, 0.3) is 0 Å². The van der Waals surface area contributed by atoms with E-state index in [1.54, 1.807) is 7.11 Å². The molecular formula is C16H30O. The van der Waals surface area contributed by atoms with Gasteiger partial charge in [-0.25, -0.2) is 0 Å². The zero-order valence-electron chi connectivity index (χ0n) is 11.8. The fourth-order valence-corrected chi connectivity index (χ4v) is 2.01. The summed E-state index contributed by atoms with van der Waals surface area (Å²) in [7, 11) is 1.75. The molecule has 1 nitrogen and oxygen atoms in total. The van der Waals surface area contributed by atoms with Crippen LogP contribution >= 0.6 is 0 Å². The average molecular weight is 238 g/mol. The zero-order valence-corrected chi connectivity index (χ0v) is 11.8. The van der Waals surface area contributed by atoms with Gasteiger partial charge in [0.15, 0.2) is 0 Å². The van der Waals surface area contributed by atoms with E-state index >= 15 is 0 Å². The number of hydrogen-bond donors (Lipinski definition) is 0. The first kappa shape index (κ1) is 16.3. The summed E-state index contributed by atoms with van der Waals surface area (Å²) in [6.07, 6.45) is 16.8. The standard InChI is InChI=1S/C16H30O/c1-4-6-8-9-10-12-14-16(15-17-3)13-11-7-5-2/h4,15H,1,5-14H2,2-3H3/b16-15-. The number of allylic oxidation sites excluding steroid dienone is 2. The Morgan fingerprint density at radius 3 is 2.24 bits per heavy atom. The molecule has 0 N–H and O–H groups in total. The van der Waals surface area contributed by atoms with Crippen LogP contribution in [0.4, 0.5) is 0 Å². The summed E-state index contributed by atoms with van der Waals surface area (Å²) in [5.74, 6) is 0. The van der Waals surface area contributed by atoms with Crippen LogP contribution in [0.2, 0.25) is 0 Å². The van der Waals surface area contributed by atoms with Crippen molar-refractivity contribution in [2.45, 2.75) is 71.1 Å². The third-order valence-electron chi connectivity index (χ3n) is 3.04. The topological polar surface area (TPSA) is 9.23 Å². The van der Waals surface area contributed by atoms with Crippen LogP contribution in [-0.4, -0.2) is 7.11 Å². The minimum absolute atomic E-state index is 1.16. The first-order valence-corrected chi connectivity index (χ1v) is 7.16. The van der Waals surface area contributed by atoms with Crippen molar-refractivity contribution >= 4 is 0 Å². The average Bonchev–Trinajstić information content (AvgIpc) is 2.34. The van der Waals surface area contributed by atoms with Crippen LogP contribution in [0.5, 0.6) is 0 Å². The third-order valence-corrected chi connectivity index (χ3v) is 3.04. The number of ether oxygens (including phenoxy) is 1. The van der Waals surface area contributed by atoms with Crippen LogP contribution in [0.3, 0.4) is 0 Å². The van der Waals surface area contributed by atoms with E-state index in [9.17, 15) is 0 Å². The molecular weight excluding hydrogens is 208 g/mol. The largest absolute Gasteiger partial charge is 0.504 e. The molecule has 0 aliphatic carbocycles. The van der Waals surface area contributed by atoms with Crippen LogP contribution in [0.1, 0.15) is 71.1 Å². The lowest BCUT2D eigenvalue weighted by molar-refractivity contribution is 0.330. The van der Waals surface area contributed by atoms with Crippen LogP contribution < -0.4 is 0 Å². The summed E-state index contributed by atoms with van der Waals surface area (Å²) in [5, 5.41) is 0. The predicted octanol–water partition coefficient (Wildman–Crippen LogP) is 5.62. The Balaban J connectivity index is 3.56. The maximum Gasteiger partial charge on any atom is 0.0816 e. The molecule has 0 aromatic carbocycles. The molecule has 0 rings (SSSR count).